The third-order valence-corrected chi connectivity index (χ3v) is 3.73. The molecule has 0 radical (unpaired) electrons. The van der Waals surface area contributed by atoms with Crippen LogP contribution in [0.5, 0.6) is 0 Å². The van der Waals surface area contributed by atoms with Gasteiger partial charge in [0.2, 0.25) is 0 Å². The van der Waals surface area contributed by atoms with Gasteiger partial charge in [0.1, 0.15) is 5.82 Å². The van der Waals surface area contributed by atoms with Gasteiger partial charge < -0.3 is 10.7 Å². The highest BCUT2D eigenvalue weighted by Crippen LogP contribution is 2.44. The van der Waals surface area contributed by atoms with Crippen molar-refractivity contribution in [1.29, 1.82) is 0 Å². The molecular formula is C13H18N4O. The Morgan fingerprint density at radius 3 is 2.56 bits per heavy atom. The second kappa shape index (κ2) is 4.57. The van der Waals surface area contributed by atoms with Gasteiger partial charge >= 0.3 is 0 Å². The van der Waals surface area contributed by atoms with Crippen molar-refractivity contribution in [3.05, 3.63) is 23.9 Å². The Kier molecular flexibility index (Phi) is 2.91. The Hall–Kier alpha value is -1.62. The van der Waals surface area contributed by atoms with Crippen molar-refractivity contribution in [2.75, 3.05) is 5.43 Å². The first kappa shape index (κ1) is 11.5. The SMILES string of the molecule is NNc1cc(C(=O)NC(C2CC2)C2CC2)ccn1. The summed E-state index contributed by atoms with van der Waals surface area (Å²) in [6, 6.07) is 3.76. The van der Waals surface area contributed by atoms with E-state index >= 15 is 0 Å². The van der Waals surface area contributed by atoms with E-state index in [4.69, 9.17) is 5.84 Å². The van der Waals surface area contributed by atoms with Crippen molar-refractivity contribution < 1.29 is 4.79 Å². The minimum atomic E-state index is -0.0160. The predicted octanol–water partition coefficient (Wildman–Crippen LogP) is 1.29. The number of hydrazine groups is 1. The molecule has 1 heterocycles. The summed E-state index contributed by atoms with van der Waals surface area (Å²) in [6.45, 7) is 0. The smallest absolute Gasteiger partial charge is 0.251 e. The summed E-state index contributed by atoms with van der Waals surface area (Å²) in [5.41, 5.74) is 3.07. The third kappa shape index (κ3) is 2.46. The van der Waals surface area contributed by atoms with Gasteiger partial charge in [0, 0.05) is 17.8 Å². The van der Waals surface area contributed by atoms with Crippen LogP contribution in [0.1, 0.15) is 36.0 Å². The first-order chi connectivity index (χ1) is 8.78. The number of nitrogens with two attached hydrogens (primary N) is 1. The molecule has 3 rings (SSSR count). The van der Waals surface area contributed by atoms with Crippen molar-refractivity contribution in [2.45, 2.75) is 31.7 Å². The van der Waals surface area contributed by atoms with Gasteiger partial charge in [-0.15, -0.1) is 0 Å². The first-order valence-corrected chi connectivity index (χ1v) is 6.51. The zero-order chi connectivity index (χ0) is 12.5. The number of anilines is 1. The maximum Gasteiger partial charge on any atom is 0.251 e. The number of pyridine rings is 1. The Labute approximate surface area is 106 Å². The van der Waals surface area contributed by atoms with Gasteiger partial charge in [-0.2, -0.15) is 0 Å². The molecule has 0 bridgehead atoms. The summed E-state index contributed by atoms with van der Waals surface area (Å²) < 4.78 is 0. The Morgan fingerprint density at radius 1 is 1.33 bits per heavy atom. The number of aromatic nitrogens is 1. The molecule has 1 aromatic heterocycles. The fraction of sp³-hybridized carbons (Fsp3) is 0.538. The highest BCUT2D eigenvalue weighted by Gasteiger charge is 2.42. The normalized spacial score (nSPS) is 18.8. The molecule has 1 amide bonds. The largest absolute Gasteiger partial charge is 0.349 e. The molecule has 2 fully saturated rings. The number of carbonyl (C=O) groups is 1. The molecule has 0 aromatic carbocycles. The molecule has 0 spiro atoms. The van der Waals surface area contributed by atoms with Gasteiger partial charge in [-0.05, 0) is 49.7 Å². The van der Waals surface area contributed by atoms with Crippen LogP contribution in [-0.2, 0) is 0 Å². The van der Waals surface area contributed by atoms with Crippen LogP contribution in [-0.4, -0.2) is 16.9 Å². The fourth-order valence-electron chi connectivity index (χ4n) is 2.42. The lowest BCUT2D eigenvalue weighted by atomic mass is 10.1. The summed E-state index contributed by atoms with van der Waals surface area (Å²) in [7, 11) is 0. The van der Waals surface area contributed by atoms with E-state index in [2.05, 4.69) is 15.7 Å². The number of nitrogens with one attached hydrogen (secondary N) is 2. The van der Waals surface area contributed by atoms with Gasteiger partial charge in [-0.1, -0.05) is 0 Å². The third-order valence-electron chi connectivity index (χ3n) is 3.73. The Bertz CT molecular complexity index is 442. The molecule has 4 N–H and O–H groups in total. The number of carbonyl (C=O) groups excluding carboxylic acids is 1. The van der Waals surface area contributed by atoms with E-state index in [1.165, 1.54) is 25.7 Å². The molecule has 2 aliphatic carbocycles. The highest BCUT2D eigenvalue weighted by atomic mass is 16.1. The maximum absolute atomic E-state index is 12.2. The van der Waals surface area contributed by atoms with E-state index in [0.717, 1.165) is 0 Å². The minimum absolute atomic E-state index is 0.0160. The average Bonchev–Trinajstić information content (AvgIpc) is 3.29. The van der Waals surface area contributed by atoms with Gasteiger partial charge in [-0.25, -0.2) is 10.8 Å². The van der Waals surface area contributed by atoms with E-state index < -0.39 is 0 Å². The number of amides is 1. The van der Waals surface area contributed by atoms with Crippen molar-refractivity contribution in [3.63, 3.8) is 0 Å². The van der Waals surface area contributed by atoms with Crippen LogP contribution in [0.25, 0.3) is 0 Å². The summed E-state index contributed by atoms with van der Waals surface area (Å²) in [5.74, 6) is 7.20. The van der Waals surface area contributed by atoms with E-state index in [9.17, 15) is 4.79 Å². The van der Waals surface area contributed by atoms with E-state index in [1.54, 1.807) is 18.3 Å². The van der Waals surface area contributed by atoms with Gasteiger partial charge in [-0.3, -0.25) is 4.79 Å². The Morgan fingerprint density at radius 2 is 2.00 bits per heavy atom. The number of hydrogen-bond acceptors (Lipinski definition) is 4. The molecule has 2 saturated carbocycles. The zero-order valence-corrected chi connectivity index (χ0v) is 10.2. The van der Waals surface area contributed by atoms with Crippen molar-refractivity contribution >= 4 is 11.7 Å². The molecule has 1 aromatic rings. The minimum Gasteiger partial charge on any atom is -0.349 e. The van der Waals surface area contributed by atoms with Crippen LogP contribution in [0.2, 0.25) is 0 Å². The molecule has 0 aliphatic heterocycles. The molecule has 0 unspecified atom stereocenters. The summed E-state index contributed by atoms with van der Waals surface area (Å²) in [6.07, 6.45) is 6.62. The van der Waals surface area contributed by atoms with Crippen molar-refractivity contribution in [2.24, 2.45) is 17.7 Å². The van der Waals surface area contributed by atoms with Crippen LogP contribution in [0.15, 0.2) is 18.3 Å². The number of nitrogen functional groups attached to an aromatic ring is 1. The molecule has 5 heteroatoms. The van der Waals surface area contributed by atoms with Gasteiger partial charge in [0.25, 0.3) is 5.91 Å². The second-order valence-electron chi connectivity index (χ2n) is 5.25. The molecule has 0 saturated heterocycles. The van der Waals surface area contributed by atoms with Crippen LogP contribution < -0.4 is 16.6 Å². The topological polar surface area (TPSA) is 80.0 Å². The van der Waals surface area contributed by atoms with Gasteiger partial charge in [0.15, 0.2) is 0 Å². The van der Waals surface area contributed by atoms with Crippen molar-refractivity contribution in [3.8, 4) is 0 Å². The summed E-state index contributed by atoms with van der Waals surface area (Å²) >= 11 is 0. The lowest BCUT2D eigenvalue weighted by Gasteiger charge is -2.17. The number of hydrogen-bond donors (Lipinski definition) is 3. The van der Waals surface area contributed by atoms with Crippen molar-refractivity contribution in [1.82, 2.24) is 10.3 Å². The number of rotatable bonds is 5. The summed E-state index contributed by atoms with van der Waals surface area (Å²) in [4.78, 5) is 16.2. The lowest BCUT2D eigenvalue weighted by Crippen LogP contribution is -2.38. The molecular weight excluding hydrogens is 228 g/mol. The van der Waals surface area contributed by atoms with Crippen LogP contribution >= 0.6 is 0 Å². The van der Waals surface area contributed by atoms with Crippen LogP contribution in [0, 0.1) is 11.8 Å². The van der Waals surface area contributed by atoms with Gasteiger partial charge in [0.05, 0.1) is 0 Å². The Balaban J connectivity index is 1.69. The van der Waals surface area contributed by atoms with Crippen LogP contribution in [0.4, 0.5) is 5.82 Å². The molecule has 18 heavy (non-hydrogen) atoms. The zero-order valence-electron chi connectivity index (χ0n) is 10.2. The highest BCUT2D eigenvalue weighted by molar-refractivity contribution is 5.95. The number of nitrogens with zero attached hydrogens (tertiary/aromatic N) is 1. The quantitative estimate of drug-likeness (QED) is 0.540. The second-order valence-corrected chi connectivity index (χ2v) is 5.25. The maximum atomic E-state index is 12.2. The fourth-order valence-corrected chi connectivity index (χ4v) is 2.42. The predicted molar refractivity (Wildman–Crippen MR) is 68.7 cm³/mol. The lowest BCUT2D eigenvalue weighted by molar-refractivity contribution is 0.0926. The standard InChI is InChI=1S/C13H18N4O/c14-17-11-7-10(5-6-15-11)13(18)16-12(8-1-2-8)9-3-4-9/h5-9,12H,1-4,14H2,(H,15,17)(H,16,18). The van der Waals surface area contributed by atoms with E-state index in [1.807, 2.05) is 0 Å². The average molecular weight is 246 g/mol. The molecule has 5 nitrogen and oxygen atoms in total. The summed E-state index contributed by atoms with van der Waals surface area (Å²) in [5, 5.41) is 3.17. The monoisotopic (exact) mass is 246 g/mol. The van der Waals surface area contributed by atoms with E-state index in [-0.39, 0.29) is 5.91 Å². The van der Waals surface area contributed by atoms with E-state index in [0.29, 0.717) is 29.3 Å². The molecule has 2 aliphatic rings. The molecule has 0 atom stereocenters. The first-order valence-electron chi connectivity index (χ1n) is 6.51. The van der Waals surface area contributed by atoms with Crippen LogP contribution in [0.3, 0.4) is 0 Å². The molecule has 96 valence electrons.